The Morgan fingerprint density at radius 1 is 1.00 bits per heavy atom. The summed E-state index contributed by atoms with van der Waals surface area (Å²) in [6, 6.07) is 9.61. The van der Waals surface area contributed by atoms with Crippen LogP contribution in [0.1, 0.15) is 17.2 Å². The van der Waals surface area contributed by atoms with Gasteiger partial charge < -0.3 is 5.73 Å². The first-order chi connectivity index (χ1) is 9.00. The second-order valence-corrected chi connectivity index (χ2v) is 5.36. The molecule has 5 heteroatoms. The lowest BCUT2D eigenvalue weighted by atomic mass is 9.99. The predicted octanol–water partition coefficient (Wildman–Crippen LogP) is 5.03. The number of nitrogens with two attached hydrogens (primary N) is 1. The first-order valence-corrected chi connectivity index (χ1v) is 6.76. The minimum absolute atomic E-state index is 0.0851. The molecule has 2 rings (SSSR count). The smallest absolute Gasteiger partial charge is 0.145 e. The molecule has 0 bridgehead atoms. The molecule has 100 valence electrons. The fourth-order valence-electron chi connectivity index (χ4n) is 1.86. The van der Waals surface area contributed by atoms with Crippen molar-refractivity contribution in [3.8, 4) is 0 Å². The zero-order valence-electron chi connectivity index (χ0n) is 9.84. The van der Waals surface area contributed by atoms with Gasteiger partial charge in [-0.05, 0) is 29.7 Å². The Labute approximate surface area is 126 Å². The van der Waals surface area contributed by atoms with Crippen LogP contribution >= 0.6 is 34.8 Å². The quantitative estimate of drug-likeness (QED) is 0.844. The van der Waals surface area contributed by atoms with Crippen LogP contribution in [-0.4, -0.2) is 0 Å². The predicted molar refractivity (Wildman–Crippen MR) is 78.5 cm³/mol. The summed E-state index contributed by atoms with van der Waals surface area (Å²) in [6.07, 6.45) is 0.298. The van der Waals surface area contributed by atoms with Crippen molar-refractivity contribution in [2.75, 3.05) is 0 Å². The molecule has 0 saturated carbocycles. The fourth-order valence-corrected chi connectivity index (χ4v) is 2.50. The molecule has 0 heterocycles. The van der Waals surface area contributed by atoms with Crippen molar-refractivity contribution in [1.29, 1.82) is 0 Å². The number of halogens is 4. The van der Waals surface area contributed by atoms with Gasteiger partial charge in [0.25, 0.3) is 0 Å². The zero-order chi connectivity index (χ0) is 14.0. The molecule has 0 saturated heterocycles. The summed E-state index contributed by atoms with van der Waals surface area (Å²) in [5.41, 5.74) is 7.21. The number of benzene rings is 2. The summed E-state index contributed by atoms with van der Waals surface area (Å²) in [5, 5.41) is 0.919. The Morgan fingerprint density at radius 3 is 2.37 bits per heavy atom. The van der Waals surface area contributed by atoms with Gasteiger partial charge in [0.05, 0.1) is 15.1 Å². The van der Waals surface area contributed by atoms with Gasteiger partial charge >= 0.3 is 0 Å². The highest BCUT2D eigenvalue weighted by molar-refractivity contribution is 6.42. The SMILES string of the molecule is NC(Cc1cccc(Cl)c1F)c1cccc(Cl)c1Cl. The average Bonchev–Trinajstić information content (AvgIpc) is 2.38. The van der Waals surface area contributed by atoms with E-state index in [1.54, 1.807) is 30.3 Å². The van der Waals surface area contributed by atoms with E-state index in [1.807, 2.05) is 0 Å². The largest absolute Gasteiger partial charge is 0.324 e. The summed E-state index contributed by atoms with van der Waals surface area (Å²) in [5.74, 6) is -0.447. The molecular weight excluding hydrogens is 308 g/mol. The van der Waals surface area contributed by atoms with Crippen molar-refractivity contribution in [3.05, 3.63) is 68.4 Å². The third kappa shape index (κ3) is 3.21. The zero-order valence-corrected chi connectivity index (χ0v) is 12.1. The van der Waals surface area contributed by atoms with Crippen LogP contribution in [0.4, 0.5) is 4.39 Å². The third-order valence-corrected chi connectivity index (χ3v) is 3.98. The Kier molecular flexibility index (Phi) is 4.69. The molecule has 2 aromatic carbocycles. The number of rotatable bonds is 3. The first-order valence-electron chi connectivity index (χ1n) is 5.63. The van der Waals surface area contributed by atoms with Gasteiger partial charge in [0.1, 0.15) is 5.82 Å². The van der Waals surface area contributed by atoms with Crippen LogP contribution in [0, 0.1) is 5.82 Å². The molecule has 2 aromatic rings. The van der Waals surface area contributed by atoms with Crippen molar-refractivity contribution < 1.29 is 4.39 Å². The molecule has 0 amide bonds. The Bertz CT molecular complexity index is 601. The Hall–Kier alpha value is -0.800. The molecule has 0 fully saturated rings. The van der Waals surface area contributed by atoms with Crippen molar-refractivity contribution >= 4 is 34.8 Å². The van der Waals surface area contributed by atoms with E-state index in [9.17, 15) is 4.39 Å². The number of hydrogen-bond acceptors (Lipinski definition) is 1. The molecule has 1 nitrogen and oxygen atoms in total. The van der Waals surface area contributed by atoms with E-state index in [2.05, 4.69) is 0 Å². The van der Waals surface area contributed by atoms with Crippen molar-refractivity contribution in [3.63, 3.8) is 0 Å². The van der Waals surface area contributed by atoms with Crippen molar-refractivity contribution in [1.82, 2.24) is 0 Å². The summed E-state index contributed by atoms with van der Waals surface area (Å²) in [6.45, 7) is 0. The number of hydrogen-bond donors (Lipinski definition) is 1. The highest BCUT2D eigenvalue weighted by Gasteiger charge is 2.15. The highest BCUT2D eigenvalue weighted by Crippen LogP contribution is 2.31. The molecule has 1 atom stereocenters. The van der Waals surface area contributed by atoms with Gasteiger partial charge in [0.2, 0.25) is 0 Å². The molecule has 0 aliphatic carbocycles. The lowest BCUT2D eigenvalue weighted by molar-refractivity contribution is 0.594. The van der Waals surface area contributed by atoms with Gasteiger partial charge in [0.15, 0.2) is 0 Å². The standard InChI is InChI=1S/C14H11Cl3FN/c15-10-5-2-4-9(13(10)17)12(19)7-8-3-1-6-11(16)14(8)18/h1-6,12H,7,19H2. The molecule has 0 aliphatic rings. The minimum atomic E-state index is -0.447. The summed E-state index contributed by atoms with van der Waals surface area (Å²) < 4.78 is 13.8. The van der Waals surface area contributed by atoms with E-state index in [0.29, 0.717) is 27.6 Å². The molecular formula is C14H11Cl3FN. The van der Waals surface area contributed by atoms with Crippen molar-refractivity contribution in [2.24, 2.45) is 5.73 Å². The van der Waals surface area contributed by atoms with Crippen LogP contribution in [0.5, 0.6) is 0 Å². The lowest BCUT2D eigenvalue weighted by Gasteiger charge is -2.15. The molecule has 0 radical (unpaired) electrons. The molecule has 1 unspecified atom stereocenters. The van der Waals surface area contributed by atoms with Crippen LogP contribution in [0.2, 0.25) is 15.1 Å². The van der Waals surface area contributed by atoms with Gasteiger partial charge in [-0.2, -0.15) is 0 Å². The fraction of sp³-hybridized carbons (Fsp3) is 0.143. The van der Waals surface area contributed by atoms with Gasteiger partial charge in [0, 0.05) is 6.04 Å². The van der Waals surface area contributed by atoms with Gasteiger partial charge in [-0.25, -0.2) is 4.39 Å². The van der Waals surface area contributed by atoms with E-state index >= 15 is 0 Å². The van der Waals surface area contributed by atoms with Gasteiger partial charge in [-0.15, -0.1) is 0 Å². The maximum atomic E-state index is 13.8. The van der Waals surface area contributed by atoms with Crippen molar-refractivity contribution in [2.45, 2.75) is 12.5 Å². The monoisotopic (exact) mass is 317 g/mol. The summed E-state index contributed by atoms with van der Waals surface area (Å²) in [4.78, 5) is 0. The lowest BCUT2D eigenvalue weighted by Crippen LogP contribution is -2.14. The minimum Gasteiger partial charge on any atom is -0.324 e. The molecule has 0 spiro atoms. The third-order valence-electron chi connectivity index (χ3n) is 2.85. The second kappa shape index (κ2) is 6.10. The molecule has 19 heavy (non-hydrogen) atoms. The van der Waals surface area contributed by atoms with E-state index in [1.165, 1.54) is 6.07 Å². The van der Waals surface area contributed by atoms with E-state index in [4.69, 9.17) is 40.5 Å². The molecule has 2 N–H and O–H groups in total. The Balaban J connectivity index is 2.28. The second-order valence-electron chi connectivity index (χ2n) is 4.17. The van der Waals surface area contributed by atoms with Crippen LogP contribution in [0.3, 0.4) is 0 Å². The van der Waals surface area contributed by atoms with E-state index in [0.717, 1.165) is 0 Å². The first kappa shape index (κ1) is 14.6. The normalized spacial score (nSPS) is 12.5. The average molecular weight is 319 g/mol. The van der Waals surface area contributed by atoms with Crippen LogP contribution in [0.15, 0.2) is 36.4 Å². The Morgan fingerprint density at radius 2 is 1.63 bits per heavy atom. The highest BCUT2D eigenvalue weighted by atomic mass is 35.5. The molecule has 0 aliphatic heterocycles. The molecule has 0 aromatic heterocycles. The maximum Gasteiger partial charge on any atom is 0.145 e. The topological polar surface area (TPSA) is 26.0 Å². The van der Waals surface area contributed by atoms with Crippen LogP contribution in [0.25, 0.3) is 0 Å². The van der Waals surface area contributed by atoms with Gasteiger partial charge in [-0.3, -0.25) is 0 Å². The van der Waals surface area contributed by atoms with Crippen LogP contribution in [-0.2, 0) is 6.42 Å². The van der Waals surface area contributed by atoms with Gasteiger partial charge in [-0.1, -0.05) is 59.1 Å². The van der Waals surface area contributed by atoms with Crippen LogP contribution < -0.4 is 5.73 Å². The summed E-state index contributed by atoms with van der Waals surface area (Å²) in [7, 11) is 0. The summed E-state index contributed by atoms with van der Waals surface area (Å²) >= 11 is 17.8. The maximum absolute atomic E-state index is 13.8. The van der Waals surface area contributed by atoms with E-state index < -0.39 is 11.9 Å². The van der Waals surface area contributed by atoms with E-state index in [-0.39, 0.29) is 5.02 Å².